The van der Waals surface area contributed by atoms with Gasteiger partial charge in [-0.05, 0) is 49.5 Å². The second-order valence-electron chi connectivity index (χ2n) is 7.62. The molecular weight excluding hydrogens is 485 g/mol. The van der Waals surface area contributed by atoms with E-state index < -0.39 is 16.4 Å². The highest BCUT2D eigenvalue weighted by Crippen LogP contribution is 2.30. The molecule has 3 aromatic rings. The number of nitrogens with one attached hydrogen (secondary N) is 2. The molecule has 186 valence electrons. The van der Waals surface area contributed by atoms with E-state index in [9.17, 15) is 21.6 Å². The number of hydrogen-bond acceptors (Lipinski definition) is 7. The van der Waals surface area contributed by atoms with Crippen molar-refractivity contribution in [1.29, 1.82) is 0 Å². The van der Waals surface area contributed by atoms with E-state index in [-0.39, 0.29) is 10.6 Å². The Morgan fingerprint density at radius 2 is 1.66 bits per heavy atom. The molecule has 2 N–H and O–H groups in total. The molecule has 4 rings (SSSR count). The number of sulfonamides is 1. The van der Waals surface area contributed by atoms with Crippen molar-refractivity contribution in [2.75, 3.05) is 43.6 Å². The monoisotopic (exact) mass is 508 g/mol. The smallest absolute Gasteiger partial charge is 0.406 e. The number of morpholine rings is 1. The number of benzene rings is 2. The standard InChI is InChI=1S/C23H23F3N4O4S/c1-27-35(31,32)20-8-2-16(3-9-20)21-14-18(30-10-12-33-13-11-30)15-22(29-21)28-17-4-6-19(7-5-17)34-23(24,25)26/h2-9,14-15,27H,10-13H2,1H3,(H,28,29). The van der Waals surface area contributed by atoms with Crippen LogP contribution in [-0.4, -0.2) is 53.1 Å². The Balaban J connectivity index is 1.65. The fourth-order valence-electron chi connectivity index (χ4n) is 3.54. The number of anilines is 3. The minimum Gasteiger partial charge on any atom is -0.406 e. The highest BCUT2D eigenvalue weighted by atomic mass is 32.2. The lowest BCUT2D eigenvalue weighted by atomic mass is 10.1. The summed E-state index contributed by atoms with van der Waals surface area (Å²) >= 11 is 0. The number of pyridine rings is 1. The Labute approximate surface area is 200 Å². The number of aromatic nitrogens is 1. The van der Waals surface area contributed by atoms with Crippen molar-refractivity contribution in [2.45, 2.75) is 11.3 Å². The summed E-state index contributed by atoms with van der Waals surface area (Å²) < 4.78 is 73.0. The van der Waals surface area contributed by atoms with Crippen LogP contribution in [0.5, 0.6) is 5.75 Å². The maximum absolute atomic E-state index is 12.4. The first kappa shape index (κ1) is 24.8. The normalized spacial score (nSPS) is 14.6. The molecule has 0 spiro atoms. The summed E-state index contributed by atoms with van der Waals surface area (Å²) in [5.74, 6) is 0.149. The molecule has 1 aliphatic heterocycles. The first-order valence-corrected chi connectivity index (χ1v) is 12.1. The van der Waals surface area contributed by atoms with Crippen LogP contribution in [-0.2, 0) is 14.8 Å². The van der Waals surface area contributed by atoms with Gasteiger partial charge in [-0.15, -0.1) is 13.2 Å². The molecule has 0 aliphatic carbocycles. The van der Waals surface area contributed by atoms with Crippen LogP contribution in [0.15, 0.2) is 65.6 Å². The second kappa shape index (κ2) is 10.1. The van der Waals surface area contributed by atoms with Gasteiger partial charge in [0.2, 0.25) is 10.0 Å². The Morgan fingerprint density at radius 3 is 2.26 bits per heavy atom. The minimum atomic E-state index is -4.76. The lowest BCUT2D eigenvalue weighted by molar-refractivity contribution is -0.274. The quantitative estimate of drug-likeness (QED) is 0.496. The molecule has 35 heavy (non-hydrogen) atoms. The van der Waals surface area contributed by atoms with Crippen LogP contribution in [0.4, 0.5) is 30.4 Å². The van der Waals surface area contributed by atoms with Crippen molar-refractivity contribution < 1.29 is 31.1 Å². The Kier molecular flexibility index (Phi) is 7.15. The van der Waals surface area contributed by atoms with E-state index >= 15 is 0 Å². The van der Waals surface area contributed by atoms with Crippen LogP contribution < -0.4 is 19.7 Å². The largest absolute Gasteiger partial charge is 0.573 e. The Hall–Kier alpha value is -3.35. The molecular formula is C23H23F3N4O4S. The van der Waals surface area contributed by atoms with Gasteiger partial charge in [-0.3, -0.25) is 0 Å². The van der Waals surface area contributed by atoms with Crippen molar-refractivity contribution in [3.8, 4) is 17.0 Å². The van der Waals surface area contributed by atoms with Crippen molar-refractivity contribution in [3.63, 3.8) is 0 Å². The summed E-state index contributed by atoms with van der Waals surface area (Å²) in [6, 6.07) is 15.4. The minimum absolute atomic E-state index is 0.132. The van der Waals surface area contributed by atoms with Crippen molar-refractivity contribution in [1.82, 2.24) is 9.71 Å². The molecule has 1 aromatic heterocycles. The molecule has 1 saturated heterocycles. The van der Waals surface area contributed by atoms with Gasteiger partial charge in [-0.1, -0.05) is 12.1 Å². The van der Waals surface area contributed by atoms with E-state index in [2.05, 4.69) is 24.7 Å². The molecule has 0 saturated carbocycles. The lowest BCUT2D eigenvalue weighted by Gasteiger charge is -2.29. The van der Waals surface area contributed by atoms with Crippen molar-refractivity contribution in [2.24, 2.45) is 0 Å². The fraction of sp³-hybridized carbons (Fsp3) is 0.261. The maximum atomic E-state index is 12.4. The van der Waals surface area contributed by atoms with Gasteiger partial charge in [0.25, 0.3) is 0 Å². The molecule has 0 atom stereocenters. The number of nitrogens with zero attached hydrogens (tertiary/aromatic N) is 2. The van der Waals surface area contributed by atoms with Crippen LogP contribution in [0.2, 0.25) is 0 Å². The van der Waals surface area contributed by atoms with E-state index in [4.69, 9.17) is 4.74 Å². The van der Waals surface area contributed by atoms with Crippen molar-refractivity contribution in [3.05, 3.63) is 60.7 Å². The van der Waals surface area contributed by atoms with E-state index in [1.54, 1.807) is 12.1 Å². The van der Waals surface area contributed by atoms with E-state index in [0.29, 0.717) is 49.1 Å². The van der Waals surface area contributed by atoms with Crippen LogP contribution in [0, 0.1) is 0 Å². The van der Waals surface area contributed by atoms with Gasteiger partial charge < -0.3 is 19.7 Å². The molecule has 0 radical (unpaired) electrons. The molecule has 0 bridgehead atoms. The number of alkyl halides is 3. The van der Waals surface area contributed by atoms with E-state index in [1.165, 1.54) is 43.4 Å². The summed E-state index contributed by atoms with van der Waals surface area (Å²) in [6.45, 7) is 2.53. The average Bonchev–Trinajstić information content (AvgIpc) is 2.85. The van der Waals surface area contributed by atoms with Crippen LogP contribution >= 0.6 is 0 Å². The number of rotatable bonds is 7. The fourth-order valence-corrected chi connectivity index (χ4v) is 4.27. The van der Waals surface area contributed by atoms with Gasteiger partial charge in [-0.2, -0.15) is 0 Å². The van der Waals surface area contributed by atoms with E-state index in [1.807, 2.05) is 12.1 Å². The zero-order valence-electron chi connectivity index (χ0n) is 18.7. The van der Waals surface area contributed by atoms with Gasteiger partial charge in [0.15, 0.2) is 0 Å². The van der Waals surface area contributed by atoms with Crippen LogP contribution in [0.3, 0.4) is 0 Å². The molecule has 1 aliphatic rings. The van der Waals surface area contributed by atoms with Gasteiger partial charge >= 0.3 is 6.36 Å². The summed E-state index contributed by atoms with van der Waals surface area (Å²) in [7, 11) is -2.23. The summed E-state index contributed by atoms with van der Waals surface area (Å²) in [6.07, 6.45) is -4.76. The summed E-state index contributed by atoms with van der Waals surface area (Å²) in [5, 5.41) is 3.12. The number of hydrogen-bond donors (Lipinski definition) is 2. The average molecular weight is 509 g/mol. The second-order valence-corrected chi connectivity index (χ2v) is 9.51. The third-order valence-electron chi connectivity index (χ3n) is 5.28. The lowest BCUT2D eigenvalue weighted by Crippen LogP contribution is -2.36. The first-order chi connectivity index (χ1) is 16.6. The zero-order valence-corrected chi connectivity index (χ0v) is 19.5. The highest BCUT2D eigenvalue weighted by molar-refractivity contribution is 7.89. The molecule has 2 aromatic carbocycles. The highest BCUT2D eigenvalue weighted by Gasteiger charge is 2.31. The predicted octanol–water partition coefficient (Wildman–Crippen LogP) is 4.14. The summed E-state index contributed by atoms with van der Waals surface area (Å²) in [4.78, 5) is 6.91. The molecule has 0 unspecified atom stereocenters. The third-order valence-corrected chi connectivity index (χ3v) is 6.71. The topological polar surface area (TPSA) is 92.8 Å². The Morgan fingerprint density at radius 1 is 1.00 bits per heavy atom. The SMILES string of the molecule is CNS(=O)(=O)c1ccc(-c2cc(N3CCOCC3)cc(Nc3ccc(OC(F)(F)F)cc3)n2)cc1. The summed E-state index contributed by atoms with van der Waals surface area (Å²) in [5.41, 5.74) is 2.70. The molecule has 8 nitrogen and oxygen atoms in total. The van der Waals surface area contributed by atoms with Crippen LogP contribution in [0.25, 0.3) is 11.3 Å². The molecule has 2 heterocycles. The maximum Gasteiger partial charge on any atom is 0.573 e. The number of halogens is 3. The molecule has 0 amide bonds. The van der Waals surface area contributed by atoms with E-state index in [0.717, 1.165) is 5.69 Å². The molecule has 12 heteroatoms. The number of ether oxygens (including phenoxy) is 2. The predicted molar refractivity (Wildman–Crippen MR) is 125 cm³/mol. The van der Waals surface area contributed by atoms with Gasteiger partial charge in [0.1, 0.15) is 11.6 Å². The third kappa shape index (κ3) is 6.41. The van der Waals surface area contributed by atoms with Crippen LogP contribution in [0.1, 0.15) is 0 Å². The first-order valence-electron chi connectivity index (χ1n) is 10.6. The zero-order chi connectivity index (χ0) is 25.1. The van der Waals surface area contributed by atoms with Gasteiger partial charge in [-0.25, -0.2) is 18.1 Å². The molecule has 1 fully saturated rings. The Bertz CT molecular complexity index is 1260. The van der Waals surface area contributed by atoms with Crippen molar-refractivity contribution >= 4 is 27.2 Å². The van der Waals surface area contributed by atoms with Gasteiger partial charge in [0.05, 0.1) is 23.8 Å². The van der Waals surface area contributed by atoms with Gasteiger partial charge in [0, 0.05) is 36.1 Å².